The van der Waals surface area contributed by atoms with Gasteiger partial charge in [-0.15, -0.1) is 11.3 Å². The first-order valence-corrected chi connectivity index (χ1v) is 13.0. The molecule has 5 rings (SSSR count). The highest BCUT2D eigenvalue weighted by Gasteiger charge is 2.35. The van der Waals surface area contributed by atoms with Gasteiger partial charge in [0.25, 0.3) is 5.91 Å². The van der Waals surface area contributed by atoms with Crippen molar-refractivity contribution in [2.75, 3.05) is 11.9 Å². The predicted octanol–water partition coefficient (Wildman–Crippen LogP) is 4.75. The Morgan fingerprint density at radius 1 is 1.16 bits per heavy atom. The van der Waals surface area contributed by atoms with Gasteiger partial charge in [0.1, 0.15) is 23.3 Å². The summed E-state index contributed by atoms with van der Waals surface area (Å²) >= 11 is 1.66. The largest absolute Gasteiger partial charge is 0.329 e. The van der Waals surface area contributed by atoms with Crippen LogP contribution < -0.4 is 10.6 Å². The number of nitrogens with one attached hydrogen (secondary N) is 2. The molecule has 2 aromatic heterocycles. The Hall–Kier alpha value is -4.16. The van der Waals surface area contributed by atoms with E-state index in [1.165, 1.54) is 10.4 Å². The van der Waals surface area contributed by atoms with Crippen LogP contribution in [0.2, 0.25) is 0 Å². The number of rotatable bonds is 5. The van der Waals surface area contributed by atoms with Gasteiger partial charge in [-0.1, -0.05) is 17.7 Å². The van der Waals surface area contributed by atoms with E-state index in [0.717, 1.165) is 63.7 Å². The highest BCUT2D eigenvalue weighted by molar-refractivity contribution is 7.15. The average Bonchev–Trinajstić information content (AvgIpc) is 3.46. The first-order chi connectivity index (χ1) is 17.8. The lowest BCUT2D eigenvalue weighted by Crippen LogP contribution is -2.38. The van der Waals surface area contributed by atoms with Gasteiger partial charge >= 0.3 is 6.03 Å². The van der Waals surface area contributed by atoms with Crippen LogP contribution in [0.3, 0.4) is 0 Å². The monoisotopic (exact) mass is 513 g/mol. The summed E-state index contributed by atoms with van der Waals surface area (Å²) in [6.45, 7) is 5.46. The van der Waals surface area contributed by atoms with E-state index in [9.17, 15) is 19.6 Å². The van der Waals surface area contributed by atoms with Crippen LogP contribution in [0.5, 0.6) is 0 Å². The zero-order valence-corrected chi connectivity index (χ0v) is 21.8. The molecular formula is C28H27N5O3S. The fourth-order valence-electron chi connectivity index (χ4n) is 4.92. The highest BCUT2D eigenvalue weighted by atomic mass is 32.1. The van der Waals surface area contributed by atoms with E-state index >= 15 is 0 Å². The lowest BCUT2D eigenvalue weighted by Gasteiger charge is -2.12. The smallest absolute Gasteiger partial charge is 0.325 e. The summed E-state index contributed by atoms with van der Waals surface area (Å²) in [5.74, 6) is -1.02. The number of urea groups is 1. The molecule has 2 aliphatic rings. The Labute approximate surface area is 219 Å². The fourth-order valence-corrected chi connectivity index (χ4v) is 6.37. The van der Waals surface area contributed by atoms with Crippen molar-refractivity contribution in [3.05, 3.63) is 74.5 Å². The van der Waals surface area contributed by atoms with E-state index in [1.807, 2.05) is 39.0 Å². The van der Waals surface area contributed by atoms with Crippen LogP contribution in [-0.4, -0.2) is 33.9 Å². The average molecular weight is 514 g/mol. The van der Waals surface area contributed by atoms with Crippen molar-refractivity contribution in [2.45, 2.75) is 46.5 Å². The van der Waals surface area contributed by atoms with Crippen molar-refractivity contribution in [2.24, 2.45) is 0 Å². The molecule has 1 aromatic carbocycles. The van der Waals surface area contributed by atoms with Crippen molar-refractivity contribution in [1.82, 2.24) is 14.8 Å². The zero-order chi connectivity index (χ0) is 26.3. The second-order valence-electron chi connectivity index (χ2n) is 9.46. The molecule has 8 nitrogen and oxygen atoms in total. The molecule has 9 heteroatoms. The van der Waals surface area contributed by atoms with E-state index in [0.29, 0.717) is 5.69 Å². The Morgan fingerprint density at radius 2 is 1.89 bits per heavy atom. The first kappa shape index (κ1) is 24.5. The molecule has 188 valence electrons. The van der Waals surface area contributed by atoms with Crippen molar-refractivity contribution in [3.63, 3.8) is 0 Å². The van der Waals surface area contributed by atoms with Gasteiger partial charge in [-0.2, -0.15) is 5.26 Å². The first-order valence-electron chi connectivity index (χ1n) is 12.2. The zero-order valence-electron chi connectivity index (χ0n) is 21.0. The summed E-state index contributed by atoms with van der Waals surface area (Å²) in [6, 6.07) is 11.0. The van der Waals surface area contributed by atoms with Crippen molar-refractivity contribution >= 4 is 40.9 Å². The molecule has 3 aromatic rings. The molecule has 0 radical (unpaired) electrons. The topological polar surface area (TPSA) is 107 Å². The van der Waals surface area contributed by atoms with Gasteiger partial charge in [-0.3, -0.25) is 9.59 Å². The maximum atomic E-state index is 13.0. The molecule has 37 heavy (non-hydrogen) atoms. The lowest BCUT2D eigenvalue weighted by molar-refractivity contribution is -0.127. The van der Waals surface area contributed by atoms with Gasteiger partial charge in [0.15, 0.2) is 0 Å². The van der Waals surface area contributed by atoms with E-state index < -0.39 is 17.8 Å². The number of hydrogen-bond acceptors (Lipinski definition) is 5. The summed E-state index contributed by atoms with van der Waals surface area (Å²) in [6.07, 6.45) is 5.80. The molecule has 1 fully saturated rings. The molecule has 2 N–H and O–H groups in total. The number of aryl methyl sites for hydroxylation is 3. The van der Waals surface area contributed by atoms with E-state index in [4.69, 9.17) is 0 Å². The number of nitriles is 1. The van der Waals surface area contributed by atoms with Crippen molar-refractivity contribution in [1.29, 1.82) is 5.26 Å². The number of benzene rings is 1. The van der Waals surface area contributed by atoms with Crippen molar-refractivity contribution in [3.8, 4) is 11.1 Å². The number of carbonyl (C=O) groups excluding carboxylic acids is 3. The number of nitrogens with zero attached hydrogens (tertiary/aromatic N) is 3. The van der Waals surface area contributed by atoms with Crippen LogP contribution in [0.25, 0.3) is 11.1 Å². The third-order valence-corrected chi connectivity index (χ3v) is 8.11. The molecule has 0 atom stereocenters. The molecule has 0 spiro atoms. The van der Waals surface area contributed by atoms with E-state index in [2.05, 4.69) is 21.3 Å². The maximum Gasteiger partial charge on any atom is 0.329 e. The Balaban J connectivity index is 1.38. The number of carbonyl (C=O) groups is 3. The normalized spacial score (nSPS) is 16.1. The van der Waals surface area contributed by atoms with Gasteiger partial charge in [-0.25, -0.2) is 9.69 Å². The molecule has 0 bridgehead atoms. The molecule has 4 amide bonds. The van der Waals surface area contributed by atoms with Gasteiger partial charge in [0, 0.05) is 22.0 Å². The highest BCUT2D eigenvalue weighted by Crippen LogP contribution is 2.38. The molecule has 3 heterocycles. The third-order valence-electron chi connectivity index (χ3n) is 6.84. The minimum Gasteiger partial charge on any atom is -0.325 e. The quantitative estimate of drug-likeness (QED) is 0.379. The predicted molar refractivity (Wildman–Crippen MR) is 143 cm³/mol. The van der Waals surface area contributed by atoms with Crippen LogP contribution in [0, 0.1) is 32.1 Å². The number of fused-ring (bicyclic) bond motifs is 1. The van der Waals surface area contributed by atoms with Crippen LogP contribution in [0.4, 0.5) is 10.5 Å². The second-order valence-corrected chi connectivity index (χ2v) is 10.5. The Morgan fingerprint density at radius 3 is 2.62 bits per heavy atom. The van der Waals surface area contributed by atoms with Crippen LogP contribution in [-0.2, 0) is 22.4 Å². The Kier molecular flexibility index (Phi) is 6.44. The lowest BCUT2D eigenvalue weighted by atomic mass is 9.96. The van der Waals surface area contributed by atoms with E-state index in [1.54, 1.807) is 29.5 Å². The molecule has 0 unspecified atom stereocenters. The third kappa shape index (κ3) is 4.56. The Bertz CT molecular complexity index is 1500. The van der Waals surface area contributed by atoms with E-state index in [-0.39, 0.29) is 12.2 Å². The molecule has 0 saturated carbocycles. The number of anilines is 1. The molecule has 1 aliphatic carbocycles. The summed E-state index contributed by atoms with van der Waals surface area (Å²) in [4.78, 5) is 40.2. The summed E-state index contributed by atoms with van der Waals surface area (Å²) in [7, 11) is 0. The van der Waals surface area contributed by atoms with Gasteiger partial charge in [0.05, 0.1) is 5.56 Å². The molecule has 1 saturated heterocycles. The van der Waals surface area contributed by atoms with Crippen LogP contribution >= 0.6 is 11.3 Å². The van der Waals surface area contributed by atoms with Gasteiger partial charge < -0.3 is 15.2 Å². The van der Waals surface area contributed by atoms with Gasteiger partial charge in [-0.05, 0) is 81.9 Å². The summed E-state index contributed by atoms with van der Waals surface area (Å²) in [5.41, 5.74) is 6.24. The standard InChI is InChI=1S/C28H27N5O3S/c1-16-8-10-20(11-9-16)30-25(34)15-32-26(35)23(31-28(32)36)13-19-12-17(2)33(18(19)3)27-22(14-29)21-6-4-5-7-24(21)37-27/h8-13H,4-7,15H2,1-3H3,(H,30,34)(H,31,36)/b23-13+. The number of hydrogen-bond donors (Lipinski definition) is 2. The number of thiophene rings is 1. The van der Waals surface area contributed by atoms with Crippen molar-refractivity contribution < 1.29 is 14.4 Å². The summed E-state index contributed by atoms with van der Waals surface area (Å²) < 4.78 is 2.06. The maximum absolute atomic E-state index is 13.0. The number of aromatic nitrogens is 1. The fraction of sp³-hybridized carbons (Fsp3) is 0.286. The number of amides is 4. The SMILES string of the molecule is Cc1ccc(NC(=O)CN2C(=O)N/C(=C/c3cc(C)n(-c4sc5c(c4C#N)CCCC5)c3C)C2=O)cc1. The van der Waals surface area contributed by atoms with Crippen LogP contribution in [0.1, 0.15) is 51.4 Å². The molecular weight excluding hydrogens is 486 g/mol. The number of imide groups is 1. The second kappa shape index (κ2) is 9.71. The van der Waals surface area contributed by atoms with Gasteiger partial charge in [0.2, 0.25) is 5.91 Å². The molecule has 1 aliphatic heterocycles. The minimum absolute atomic E-state index is 0.111. The summed E-state index contributed by atoms with van der Waals surface area (Å²) in [5, 5.41) is 16.1. The minimum atomic E-state index is -0.637. The van der Waals surface area contributed by atoms with Crippen LogP contribution in [0.15, 0.2) is 36.0 Å².